The number of anilines is 2. The minimum absolute atomic E-state index is 0.0804. The molecule has 1 aromatic carbocycles. The summed E-state index contributed by atoms with van der Waals surface area (Å²) in [6.45, 7) is 0. The van der Waals surface area contributed by atoms with E-state index in [1.807, 2.05) is 0 Å². The fourth-order valence-electron chi connectivity index (χ4n) is 1.46. The largest absolute Gasteiger partial charge is 0.399 e. The minimum Gasteiger partial charge on any atom is -0.399 e. The number of aromatic nitrogens is 1. The van der Waals surface area contributed by atoms with Gasteiger partial charge in [-0.15, -0.1) is 0 Å². The van der Waals surface area contributed by atoms with Crippen LogP contribution in [0.1, 0.15) is 5.56 Å². The maximum atomic E-state index is 12.7. The Kier molecular flexibility index (Phi) is 3.66. The quantitative estimate of drug-likeness (QED) is 0.836. The second-order valence-electron chi connectivity index (χ2n) is 3.96. The fourth-order valence-corrected chi connectivity index (χ4v) is 2.61. The van der Waals surface area contributed by atoms with E-state index in [1.54, 1.807) is 24.3 Å². The van der Waals surface area contributed by atoms with Crippen molar-refractivity contribution >= 4 is 21.5 Å². The van der Waals surface area contributed by atoms with E-state index in [0.29, 0.717) is 11.3 Å². The van der Waals surface area contributed by atoms with Crippen LogP contribution < -0.4 is 10.5 Å². The number of nitrogen functional groups attached to an aromatic ring is 1. The van der Waals surface area contributed by atoms with E-state index in [9.17, 15) is 12.8 Å². The molecule has 0 radical (unpaired) electrons. The van der Waals surface area contributed by atoms with Crippen molar-refractivity contribution in [2.75, 3.05) is 10.5 Å². The highest BCUT2D eigenvalue weighted by Gasteiger charge is 2.12. The average molecular weight is 281 g/mol. The molecule has 100 valence electrons. The molecule has 0 bridgehead atoms. The van der Waals surface area contributed by atoms with Gasteiger partial charge in [-0.3, -0.25) is 4.72 Å². The molecule has 2 aromatic rings. The highest BCUT2D eigenvalue weighted by Crippen LogP contribution is 2.12. The summed E-state index contributed by atoms with van der Waals surface area (Å²) >= 11 is 0. The Morgan fingerprint density at radius 2 is 1.84 bits per heavy atom. The number of benzene rings is 1. The lowest BCUT2D eigenvalue weighted by Gasteiger charge is -2.07. The number of nitrogens with zero attached hydrogens (tertiary/aromatic N) is 1. The zero-order valence-electron chi connectivity index (χ0n) is 9.88. The summed E-state index contributed by atoms with van der Waals surface area (Å²) in [5.41, 5.74) is 6.68. The molecule has 3 N–H and O–H groups in total. The summed E-state index contributed by atoms with van der Waals surface area (Å²) in [5, 5.41) is 0. The molecule has 1 aromatic heterocycles. The first-order valence-electron chi connectivity index (χ1n) is 5.41. The van der Waals surface area contributed by atoms with Gasteiger partial charge in [-0.05, 0) is 29.8 Å². The first-order valence-corrected chi connectivity index (χ1v) is 7.06. The van der Waals surface area contributed by atoms with E-state index in [-0.39, 0.29) is 11.6 Å². The van der Waals surface area contributed by atoms with Crippen molar-refractivity contribution in [1.29, 1.82) is 0 Å². The monoisotopic (exact) mass is 281 g/mol. The average Bonchev–Trinajstić information content (AvgIpc) is 2.34. The Hall–Kier alpha value is -2.15. The first-order chi connectivity index (χ1) is 8.94. The Bertz CT molecular complexity index is 601. The van der Waals surface area contributed by atoms with Crippen LogP contribution in [0.15, 0.2) is 42.6 Å². The van der Waals surface area contributed by atoms with Crippen LogP contribution in [0.5, 0.6) is 0 Å². The zero-order valence-corrected chi connectivity index (χ0v) is 10.7. The van der Waals surface area contributed by atoms with Gasteiger partial charge in [-0.25, -0.2) is 17.8 Å². The van der Waals surface area contributed by atoms with Gasteiger partial charge in [0.15, 0.2) is 0 Å². The van der Waals surface area contributed by atoms with Gasteiger partial charge in [0, 0.05) is 5.69 Å². The number of hydrogen-bond donors (Lipinski definition) is 2. The van der Waals surface area contributed by atoms with Crippen LogP contribution in [0.4, 0.5) is 15.9 Å². The molecule has 0 fully saturated rings. The lowest BCUT2D eigenvalue weighted by Crippen LogP contribution is -2.15. The first kappa shape index (κ1) is 13.3. The van der Waals surface area contributed by atoms with Crippen LogP contribution in [0.3, 0.4) is 0 Å². The molecule has 2 rings (SSSR count). The van der Waals surface area contributed by atoms with E-state index in [2.05, 4.69) is 9.71 Å². The van der Waals surface area contributed by atoms with E-state index >= 15 is 0 Å². The van der Waals surface area contributed by atoms with Gasteiger partial charge in [0.25, 0.3) is 0 Å². The van der Waals surface area contributed by atoms with E-state index in [0.717, 1.165) is 12.3 Å². The molecule has 0 amide bonds. The van der Waals surface area contributed by atoms with Gasteiger partial charge in [0.1, 0.15) is 11.6 Å². The van der Waals surface area contributed by atoms with Crippen molar-refractivity contribution in [2.24, 2.45) is 0 Å². The van der Waals surface area contributed by atoms with Gasteiger partial charge < -0.3 is 5.73 Å². The van der Waals surface area contributed by atoms with Crippen molar-refractivity contribution in [2.45, 2.75) is 5.75 Å². The fraction of sp³-hybridized carbons (Fsp3) is 0.0833. The summed E-state index contributed by atoms with van der Waals surface area (Å²) in [7, 11) is -3.59. The Morgan fingerprint density at radius 3 is 2.42 bits per heavy atom. The van der Waals surface area contributed by atoms with E-state index in [1.165, 1.54) is 6.07 Å². The maximum Gasteiger partial charge on any atom is 0.238 e. The molecule has 0 saturated carbocycles. The summed E-state index contributed by atoms with van der Waals surface area (Å²) in [6, 6.07) is 8.91. The van der Waals surface area contributed by atoms with Crippen molar-refractivity contribution in [3.63, 3.8) is 0 Å². The van der Waals surface area contributed by atoms with Crippen LogP contribution in [-0.4, -0.2) is 13.4 Å². The Labute approximate surface area is 110 Å². The molecule has 0 spiro atoms. The second kappa shape index (κ2) is 5.23. The molecule has 0 aliphatic carbocycles. The standard InChI is InChI=1S/C12H12FN3O2S/c13-10-3-6-12(15-7-10)16-19(17,18)8-9-1-4-11(14)5-2-9/h1-7H,8,14H2,(H,15,16). The Morgan fingerprint density at radius 1 is 1.16 bits per heavy atom. The minimum atomic E-state index is -3.59. The van der Waals surface area contributed by atoms with Crippen LogP contribution in [-0.2, 0) is 15.8 Å². The normalized spacial score (nSPS) is 11.2. The summed E-state index contributed by atoms with van der Waals surface area (Å²) < 4.78 is 38.7. The topological polar surface area (TPSA) is 85.1 Å². The highest BCUT2D eigenvalue weighted by molar-refractivity contribution is 7.91. The molecule has 1 heterocycles. The Balaban J connectivity index is 2.10. The number of sulfonamides is 1. The van der Waals surface area contributed by atoms with Crippen LogP contribution in [0.25, 0.3) is 0 Å². The summed E-state index contributed by atoms with van der Waals surface area (Å²) in [4.78, 5) is 3.63. The molecule has 19 heavy (non-hydrogen) atoms. The van der Waals surface area contributed by atoms with Gasteiger partial charge >= 0.3 is 0 Å². The molecular formula is C12H12FN3O2S. The van der Waals surface area contributed by atoms with E-state index in [4.69, 9.17) is 5.73 Å². The molecule has 0 atom stereocenters. The van der Waals surface area contributed by atoms with Crippen molar-refractivity contribution in [3.05, 3.63) is 54.0 Å². The number of pyridine rings is 1. The summed E-state index contributed by atoms with van der Waals surface area (Å²) in [5.74, 6) is -0.648. The van der Waals surface area contributed by atoms with Gasteiger partial charge in [0.05, 0.1) is 11.9 Å². The number of nitrogens with two attached hydrogens (primary N) is 1. The molecular weight excluding hydrogens is 269 g/mol. The van der Waals surface area contributed by atoms with Crippen LogP contribution in [0, 0.1) is 5.82 Å². The molecule has 0 aliphatic rings. The third-order valence-electron chi connectivity index (χ3n) is 2.32. The number of rotatable bonds is 4. The van der Waals surface area contributed by atoms with Crippen molar-refractivity contribution in [3.8, 4) is 0 Å². The molecule has 0 aliphatic heterocycles. The van der Waals surface area contributed by atoms with Crippen molar-refractivity contribution in [1.82, 2.24) is 4.98 Å². The molecule has 5 nitrogen and oxygen atoms in total. The van der Waals surface area contributed by atoms with Gasteiger partial charge in [-0.1, -0.05) is 12.1 Å². The second-order valence-corrected chi connectivity index (χ2v) is 5.69. The third-order valence-corrected chi connectivity index (χ3v) is 3.56. The zero-order chi connectivity index (χ0) is 13.9. The number of halogens is 1. The molecule has 7 heteroatoms. The van der Waals surface area contributed by atoms with Crippen LogP contribution in [0.2, 0.25) is 0 Å². The lowest BCUT2D eigenvalue weighted by atomic mass is 10.2. The highest BCUT2D eigenvalue weighted by atomic mass is 32.2. The predicted octanol–water partition coefficient (Wildman–Crippen LogP) is 1.74. The predicted molar refractivity (Wildman–Crippen MR) is 71.3 cm³/mol. The third kappa shape index (κ3) is 3.92. The lowest BCUT2D eigenvalue weighted by molar-refractivity contribution is 0.599. The van der Waals surface area contributed by atoms with Gasteiger partial charge in [0.2, 0.25) is 10.0 Å². The van der Waals surface area contributed by atoms with Gasteiger partial charge in [-0.2, -0.15) is 0 Å². The summed E-state index contributed by atoms with van der Waals surface area (Å²) in [6.07, 6.45) is 0.946. The van der Waals surface area contributed by atoms with Crippen LogP contribution >= 0.6 is 0 Å². The molecule has 0 saturated heterocycles. The van der Waals surface area contributed by atoms with E-state index < -0.39 is 15.8 Å². The molecule has 0 unspecified atom stereocenters. The smallest absolute Gasteiger partial charge is 0.238 e. The maximum absolute atomic E-state index is 12.7. The number of hydrogen-bond acceptors (Lipinski definition) is 4. The number of nitrogens with one attached hydrogen (secondary N) is 1. The van der Waals surface area contributed by atoms with Crippen molar-refractivity contribution < 1.29 is 12.8 Å². The SMILES string of the molecule is Nc1ccc(CS(=O)(=O)Nc2ccc(F)cn2)cc1.